The van der Waals surface area contributed by atoms with Crippen LogP contribution in [-0.2, 0) is 6.42 Å². The SMILES string of the molecule is c1ccc2c(c1)CC(c1nc(N3CCCCCC3)no1)N2. The molecule has 5 nitrogen and oxygen atoms in total. The van der Waals surface area contributed by atoms with Gasteiger partial charge in [-0.1, -0.05) is 31.0 Å². The number of benzene rings is 1. The molecule has 0 amide bonds. The van der Waals surface area contributed by atoms with Gasteiger partial charge < -0.3 is 14.7 Å². The van der Waals surface area contributed by atoms with E-state index in [0.29, 0.717) is 5.89 Å². The Morgan fingerprint density at radius 3 is 2.71 bits per heavy atom. The lowest BCUT2D eigenvalue weighted by molar-refractivity contribution is 0.363. The maximum atomic E-state index is 5.51. The van der Waals surface area contributed by atoms with Crippen molar-refractivity contribution in [3.05, 3.63) is 35.7 Å². The van der Waals surface area contributed by atoms with E-state index in [2.05, 4.69) is 38.6 Å². The molecule has 0 aliphatic carbocycles. The molecule has 1 N–H and O–H groups in total. The Bertz CT molecular complexity index is 591. The molecule has 0 radical (unpaired) electrons. The first-order valence-corrected chi connectivity index (χ1v) is 7.83. The molecule has 2 aromatic rings. The van der Waals surface area contributed by atoms with Crippen LogP contribution < -0.4 is 10.2 Å². The molecule has 3 heterocycles. The zero-order chi connectivity index (χ0) is 14.1. The molecule has 5 heteroatoms. The largest absolute Gasteiger partial charge is 0.373 e. The quantitative estimate of drug-likeness (QED) is 0.918. The van der Waals surface area contributed by atoms with Crippen LogP contribution in [0.2, 0.25) is 0 Å². The standard InChI is InChI=1S/C16H20N4O/c1-2-6-10-20(9-5-1)16-18-15(21-19-16)14-11-12-7-3-4-8-13(12)17-14/h3-4,7-8,14,17H,1-2,5-6,9-11H2. The highest BCUT2D eigenvalue weighted by Crippen LogP contribution is 2.33. The average molecular weight is 284 g/mol. The van der Waals surface area contributed by atoms with Crippen LogP contribution in [0.5, 0.6) is 0 Å². The second-order valence-corrected chi connectivity index (χ2v) is 5.89. The number of nitrogens with zero attached hydrogens (tertiary/aromatic N) is 3. The molecule has 1 fully saturated rings. The monoisotopic (exact) mass is 284 g/mol. The topological polar surface area (TPSA) is 54.2 Å². The van der Waals surface area contributed by atoms with Gasteiger partial charge in [0.1, 0.15) is 6.04 Å². The molecular formula is C16H20N4O. The Labute approximate surface area is 124 Å². The van der Waals surface area contributed by atoms with Crippen LogP contribution in [0, 0.1) is 0 Å². The van der Waals surface area contributed by atoms with Crippen LogP contribution in [0.25, 0.3) is 0 Å². The fourth-order valence-electron chi connectivity index (χ4n) is 3.21. The molecule has 4 rings (SSSR count). The third-order valence-electron chi connectivity index (χ3n) is 4.39. The lowest BCUT2D eigenvalue weighted by Crippen LogP contribution is -2.25. The van der Waals surface area contributed by atoms with Gasteiger partial charge in [0.2, 0.25) is 0 Å². The van der Waals surface area contributed by atoms with Gasteiger partial charge in [-0.05, 0) is 29.6 Å². The Hall–Kier alpha value is -2.04. The smallest absolute Gasteiger partial charge is 0.266 e. The zero-order valence-electron chi connectivity index (χ0n) is 12.1. The molecule has 1 unspecified atom stereocenters. The molecule has 2 aliphatic heterocycles. The van der Waals surface area contributed by atoms with Crippen molar-refractivity contribution in [3.63, 3.8) is 0 Å². The molecule has 0 saturated carbocycles. The van der Waals surface area contributed by atoms with Gasteiger partial charge >= 0.3 is 0 Å². The Morgan fingerprint density at radius 1 is 1.10 bits per heavy atom. The third kappa shape index (κ3) is 2.48. The first kappa shape index (κ1) is 12.7. The molecule has 1 aromatic carbocycles. The second kappa shape index (κ2) is 5.39. The van der Waals surface area contributed by atoms with Crippen LogP contribution in [0.1, 0.15) is 43.2 Å². The minimum atomic E-state index is 0.107. The van der Waals surface area contributed by atoms with Gasteiger partial charge in [-0.2, -0.15) is 4.98 Å². The molecule has 1 atom stereocenters. The van der Waals surface area contributed by atoms with Gasteiger partial charge in [-0.3, -0.25) is 0 Å². The van der Waals surface area contributed by atoms with E-state index in [1.165, 1.54) is 36.9 Å². The van der Waals surface area contributed by atoms with Gasteiger partial charge in [0.15, 0.2) is 0 Å². The second-order valence-electron chi connectivity index (χ2n) is 5.89. The summed E-state index contributed by atoms with van der Waals surface area (Å²) in [6, 6.07) is 8.47. The Morgan fingerprint density at radius 2 is 1.90 bits per heavy atom. The lowest BCUT2D eigenvalue weighted by atomic mass is 10.1. The van der Waals surface area contributed by atoms with Crippen LogP contribution in [-0.4, -0.2) is 23.2 Å². The van der Waals surface area contributed by atoms with E-state index in [4.69, 9.17) is 4.52 Å². The molecule has 1 saturated heterocycles. The molecule has 1 aromatic heterocycles. The summed E-state index contributed by atoms with van der Waals surface area (Å²) in [5.74, 6) is 1.45. The maximum Gasteiger partial charge on any atom is 0.266 e. The molecule has 2 aliphatic rings. The highest BCUT2D eigenvalue weighted by Gasteiger charge is 2.27. The Balaban J connectivity index is 1.50. The van der Waals surface area contributed by atoms with E-state index >= 15 is 0 Å². The number of hydrogen-bond acceptors (Lipinski definition) is 5. The minimum Gasteiger partial charge on any atom is -0.373 e. The van der Waals surface area contributed by atoms with Gasteiger partial charge in [-0.15, -0.1) is 0 Å². The summed E-state index contributed by atoms with van der Waals surface area (Å²) in [5.41, 5.74) is 2.49. The lowest BCUT2D eigenvalue weighted by Gasteiger charge is -2.16. The number of para-hydroxylation sites is 1. The Kier molecular flexibility index (Phi) is 3.25. The first-order valence-electron chi connectivity index (χ1n) is 7.83. The summed E-state index contributed by atoms with van der Waals surface area (Å²) < 4.78 is 5.51. The summed E-state index contributed by atoms with van der Waals surface area (Å²) in [6.45, 7) is 2.08. The summed E-state index contributed by atoms with van der Waals surface area (Å²) in [5, 5.41) is 7.65. The molecule has 0 bridgehead atoms. The van der Waals surface area contributed by atoms with Crippen molar-refractivity contribution in [1.82, 2.24) is 10.1 Å². The van der Waals surface area contributed by atoms with Gasteiger partial charge in [-0.25, -0.2) is 0 Å². The van der Waals surface area contributed by atoms with E-state index in [1.54, 1.807) is 0 Å². The van der Waals surface area contributed by atoms with Crippen LogP contribution >= 0.6 is 0 Å². The van der Waals surface area contributed by atoms with E-state index in [0.717, 1.165) is 25.5 Å². The van der Waals surface area contributed by atoms with Crippen LogP contribution in [0.15, 0.2) is 28.8 Å². The van der Waals surface area contributed by atoms with E-state index in [-0.39, 0.29) is 6.04 Å². The molecule has 110 valence electrons. The van der Waals surface area contributed by atoms with E-state index in [1.807, 2.05) is 6.07 Å². The van der Waals surface area contributed by atoms with E-state index < -0.39 is 0 Å². The molecule has 0 spiro atoms. The van der Waals surface area contributed by atoms with Gasteiger partial charge in [0.25, 0.3) is 11.8 Å². The minimum absolute atomic E-state index is 0.107. The average Bonchev–Trinajstić information content (AvgIpc) is 3.07. The first-order chi connectivity index (χ1) is 10.4. The number of hydrogen-bond donors (Lipinski definition) is 1. The van der Waals surface area contributed by atoms with Gasteiger partial charge in [0.05, 0.1) is 0 Å². The zero-order valence-corrected chi connectivity index (χ0v) is 12.1. The highest BCUT2D eigenvalue weighted by molar-refractivity contribution is 5.57. The summed E-state index contributed by atoms with van der Waals surface area (Å²) in [7, 11) is 0. The molecular weight excluding hydrogens is 264 g/mol. The summed E-state index contributed by atoms with van der Waals surface area (Å²) >= 11 is 0. The fourth-order valence-corrected chi connectivity index (χ4v) is 3.21. The van der Waals surface area contributed by atoms with Crippen LogP contribution in [0.4, 0.5) is 11.6 Å². The van der Waals surface area contributed by atoms with Crippen molar-refractivity contribution < 1.29 is 4.52 Å². The summed E-state index contributed by atoms with van der Waals surface area (Å²) in [4.78, 5) is 6.88. The maximum absolute atomic E-state index is 5.51. The number of aromatic nitrogens is 2. The number of anilines is 2. The van der Waals surface area contributed by atoms with Crippen molar-refractivity contribution in [2.24, 2.45) is 0 Å². The van der Waals surface area contributed by atoms with Crippen molar-refractivity contribution in [1.29, 1.82) is 0 Å². The predicted octanol–water partition coefficient (Wildman–Crippen LogP) is 3.16. The van der Waals surface area contributed by atoms with Crippen molar-refractivity contribution in [3.8, 4) is 0 Å². The highest BCUT2D eigenvalue weighted by atomic mass is 16.5. The normalized spacial score (nSPS) is 21.7. The third-order valence-corrected chi connectivity index (χ3v) is 4.39. The van der Waals surface area contributed by atoms with Crippen molar-refractivity contribution in [2.75, 3.05) is 23.3 Å². The fraction of sp³-hybridized carbons (Fsp3) is 0.500. The van der Waals surface area contributed by atoms with Crippen molar-refractivity contribution in [2.45, 2.75) is 38.1 Å². The van der Waals surface area contributed by atoms with Crippen molar-refractivity contribution >= 4 is 11.6 Å². The number of rotatable bonds is 2. The van der Waals surface area contributed by atoms with Crippen LogP contribution in [0.3, 0.4) is 0 Å². The number of fused-ring (bicyclic) bond motifs is 1. The van der Waals surface area contributed by atoms with Gasteiger partial charge in [0, 0.05) is 25.2 Å². The number of nitrogens with one attached hydrogen (secondary N) is 1. The van der Waals surface area contributed by atoms with E-state index in [9.17, 15) is 0 Å². The molecule has 21 heavy (non-hydrogen) atoms. The predicted molar refractivity (Wildman–Crippen MR) is 81.5 cm³/mol. The summed E-state index contributed by atoms with van der Waals surface area (Å²) in [6.07, 6.45) is 5.97.